The number of nitrogens with one attached hydrogen (secondary N) is 2. The molecule has 6 heteroatoms. The highest BCUT2D eigenvalue weighted by Gasteiger charge is 2.22. The van der Waals surface area contributed by atoms with Crippen LogP contribution < -0.4 is 10.6 Å². The minimum Gasteiger partial charge on any atom is -0.378 e. The Labute approximate surface area is 124 Å². The Hall–Kier alpha value is -2.08. The molecular formula is C15H21N3O3. The molecule has 0 aromatic heterocycles. The predicted molar refractivity (Wildman–Crippen MR) is 81.2 cm³/mol. The summed E-state index contributed by atoms with van der Waals surface area (Å²) in [4.78, 5) is 25.2. The highest BCUT2D eigenvalue weighted by Crippen LogP contribution is 2.16. The maximum atomic E-state index is 12.3. The third kappa shape index (κ3) is 4.46. The average Bonchev–Trinajstić information content (AvgIpc) is 2.47. The molecule has 0 saturated carbocycles. The zero-order valence-corrected chi connectivity index (χ0v) is 12.4. The number of carbonyl (C=O) groups excluding carboxylic acids is 2. The highest BCUT2D eigenvalue weighted by molar-refractivity contribution is 5.89. The van der Waals surface area contributed by atoms with Crippen molar-refractivity contribution >= 4 is 23.2 Å². The third-order valence-electron chi connectivity index (χ3n) is 3.26. The van der Waals surface area contributed by atoms with Crippen LogP contribution in [0.25, 0.3) is 0 Å². The summed E-state index contributed by atoms with van der Waals surface area (Å²) in [5.74, 6) is -0.0622. The van der Waals surface area contributed by atoms with E-state index in [9.17, 15) is 9.59 Å². The molecule has 2 amide bonds. The predicted octanol–water partition coefficient (Wildman–Crippen LogP) is 1.30. The van der Waals surface area contributed by atoms with E-state index < -0.39 is 0 Å². The van der Waals surface area contributed by atoms with Crippen LogP contribution in [0.1, 0.15) is 13.8 Å². The van der Waals surface area contributed by atoms with Crippen molar-refractivity contribution in [3.05, 3.63) is 24.3 Å². The average molecular weight is 291 g/mol. The number of rotatable bonds is 4. The van der Waals surface area contributed by atoms with E-state index in [4.69, 9.17) is 4.74 Å². The Morgan fingerprint density at radius 2 is 1.90 bits per heavy atom. The van der Waals surface area contributed by atoms with Crippen molar-refractivity contribution in [1.29, 1.82) is 0 Å². The van der Waals surface area contributed by atoms with Crippen molar-refractivity contribution in [2.45, 2.75) is 19.9 Å². The van der Waals surface area contributed by atoms with E-state index in [2.05, 4.69) is 10.6 Å². The van der Waals surface area contributed by atoms with Gasteiger partial charge in [0.15, 0.2) is 0 Å². The molecule has 2 rings (SSSR count). The summed E-state index contributed by atoms with van der Waals surface area (Å²) in [7, 11) is 0. The highest BCUT2D eigenvalue weighted by atomic mass is 16.5. The van der Waals surface area contributed by atoms with Crippen LogP contribution in [0, 0.1) is 0 Å². The van der Waals surface area contributed by atoms with Gasteiger partial charge in [-0.15, -0.1) is 0 Å². The lowest BCUT2D eigenvalue weighted by Gasteiger charge is -2.29. The number of amides is 2. The molecule has 1 fully saturated rings. The Morgan fingerprint density at radius 3 is 2.57 bits per heavy atom. The molecule has 21 heavy (non-hydrogen) atoms. The first kappa shape index (κ1) is 15.3. The van der Waals surface area contributed by atoms with E-state index in [-0.39, 0.29) is 17.9 Å². The van der Waals surface area contributed by atoms with Gasteiger partial charge in [0.25, 0.3) is 0 Å². The largest absolute Gasteiger partial charge is 0.378 e. The summed E-state index contributed by atoms with van der Waals surface area (Å²) >= 11 is 0. The van der Waals surface area contributed by atoms with Gasteiger partial charge in [0.2, 0.25) is 11.8 Å². The smallest absolute Gasteiger partial charge is 0.244 e. The summed E-state index contributed by atoms with van der Waals surface area (Å²) < 4.78 is 5.25. The number of hydrogen-bond acceptors (Lipinski definition) is 4. The van der Waals surface area contributed by atoms with Crippen LogP contribution in [0.2, 0.25) is 0 Å². The number of anilines is 2. The Kier molecular flexibility index (Phi) is 5.16. The van der Waals surface area contributed by atoms with Crippen LogP contribution in [-0.2, 0) is 14.3 Å². The van der Waals surface area contributed by atoms with Crippen LogP contribution in [0.15, 0.2) is 24.3 Å². The lowest BCUT2D eigenvalue weighted by molar-refractivity contribution is -0.135. The Balaban J connectivity index is 1.96. The van der Waals surface area contributed by atoms with Gasteiger partial charge in [0.05, 0.1) is 13.2 Å². The Morgan fingerprint density at radius 1 is 1.24 bits per heavy atom. The van der Waals surface area contributed by atoms with Crippen LogP contribution in [0.5, 0.6) is 0 Å². The van der Waals surface area contributed by atoms with Gasteiger partial charge in [-0.2, -0.15) is 0 Å². The fraction of sp³-hybridized carbons (Fsp3) is 0.467. The molecule has 2 N–H and O–H groups in total. The molecule has 0 bridgehead atoms. The van der Waals surface area contributed by atoms with Gasteiger partial charge >= 0.3 is 0 Å². The summed E-state index contributed by atoms with van der Waals surface area (Å²) in [6.07, 6.45) is 0. The zero-order valence-electron chi connectivity index (χ0n) is 12.4. The second kappa shape index (κ2) is 7.08. The van der Waals surface area contributed by atoms with E-state index in [0.717, 1.165) is 5.69 Å². The van der Waals surface area contributed by atoms with Gasteiger partial charge < -0.3 is 20.3 Å². The van der Waals surface area contributed by atoms with E-state index in [0.29, 0.717) is 32.0 Å². The van der Waals surface area contributed by atoms with Gasteiger partial charge in [0, 0.05) is 31.4 Å². The first-order valence-corrected chi connectivity index (χ1v) is 7.07. The second-order valence-electron chi connectivity index (χ2n) is 5.07. The monoisotopic (exact) mass is 291 g/mol. The molecule has 1 atom stereocenters. The van der Waals surface area contributed by atoms with Gasteiger partial charge in [-0.05, 0) is 25.1 Å². The summed E-state index contributed by atoms with van der Waals surface area (Å²) in [5.41, 5.74) is 1.51. The molecule has 1 aromatic carbocycles. The van der Waals surface area contributed by atoms with E-state index >= 15 is 0 Å². The number of benzene rings is 1. The quantitative estimate of drug-likeness (QED) is 0.877. The molecule has 1 aromatic rings. The summed E-state index contributed by atoms with van der Waals surface area (Å²) in [6.45, 7) is 5.76. The van der Waals surface area contributed by atoms with Crippen LogP contribution in [0.4, 0.5) is 11.4 Å². The van der Waals surface area contributed by atoms with Crippen LogP contribution in [-0.4, -0.2) is 49.1 Å². The summed E-state index contributed by atoms with van der Waals surface area (Å²) in [5, 5.41) is 5.89. The third-order valence-corrected chi connectivity index (χ3v) is 3.26. The normalized spacial score (nSPS) is 16.2. The minimum absolute atomic E-state index is 0.0585. The van der Waals surface area contributed by atoms with Gasteiger partial charge in [-0.25, -0.2) is 0 Å². The van der Waals surface area contributed by atoms with Gasteiger partial charge in [-0.1, -0.05) is 6.07 Å². The molecule has 0 radical (unpaired) electrons. The van der Waals surface area contributed by atoms with Crippen LogP contribution in [0.3, 0.4) is 0 Å². The van der Waals surface area contributed by atoms with Gasteiger partial charge in [0.1, 0.15) is 6.04 Å². The molecule has 1 heterocycles. The lowest BCUT2D eigenvalue weighted by atomic mass is 10.2. The SMILES string of the molecule is CC(=O)Nc1cccc(N[C@@H](C)C(=O)N2CCOCC2)c1. The van der Waals surface area contributed by atoms with Crippen molar-refractivity contribution in [3.63, 3.8) is 0 Å². The van der Waals surface area contributed by atoms with Crippen molar-refractivity contribution in [3.8, 4) is 0 Å². The van der Waals surface area contributed by atoms with Gasteiger partial charge in [-0.3, -0.25) is 9.59 Å². The number of ether oxygens (including phenoxy) is 1. The summed E-state index contributed by atoms with van der Waals surface area (Å²) in [6, 6.07) is 7.00. The van der Waals surface area contributed by atoms with E-state index in [1.807, 2.05) is 25.1 Å². The number of hydrogen-bond donors (Lipinski definition) is 2. The van der Waals surface area contributed by atoms with Crippen molar-refractivity contribution in [1.82, 2.24) is 4.90 Å². The number of nitrogens with zero attached hydrogens (tertiary/aromatic N) is 1. The standard InChI is InChI=1S/C15H21N3O3/c1-11(15(20)18-6-8-21-9-7-18)16-13-4-3-5-14(10-13)17-12(2)19/h3-5,10-11,16H,6-9H2,1-2H3,(H,17,19)/t11-/m0/s1. The second-order valence-corrected chi connectivity index (χ2v) is 5.07. The maximum absolute atomic E-state index is 12.3. The van der Waals surface area contributed by atoms with E-state index in [1.54, 1.807) is 11.0 Å². The minimum atomic E-state index is -0.323. The molecular weight excluding hydrogens is 270 g/mol. The topological polar surface area (TPSA) is 70.7 Å². The van der Waals surface area contributed by atoms with Crippen LogP contribution >= 0.6 is 0 Å². The molecule has 0 spiro atoms. The molecule has 0 unspecified atom stereocenters. The molecule has 1 aliphatic rings. The van der Waals surface area contributed by atoms with Crippen molar-refractivity contribution in [2.75, 3.05) is 36.9 Å². The van der Waals surface area contributed by atoms with Crippen molar-refractivity contribution in [2.24, 2.45) is 0 Å². The van der Waals surface area contributed by atoms with Crippen molar-refractivity contribution < 1.29 is 14.3 Å². The first-order chi connectivity index (χ1) is 10.1. The zero-order chi connectivity index (χ0) is 15.2. The fourth-order valence-electron chi connectivity index (χ4n) is 2.26. The molecule has 6 nitrogen and oxygen atoms in total. The molecule has 114 valence electrons. The lowest BCUT2D eigenvalue weighted by Crippen LogP contribution is -2.46. The Bertz CT molecular complexity index is 513. The van der Waals surface area contributed by atoms with E-state index in [1.165, 1.54) is 6.92 Å². The maximum Gasteiger partial charge on any atom is 0.244 e. The molecule has 0 aliphatic carbocycles. The molecule has 1 saturated heterocycles. The number of morpholine rings is 1. The molecule has 1 aliphatic heterocycles. The number of carbonyl (C=O) groups is 2. The fourth-order valence-corrected chi connectivity index (χ4v) is 2.26. The first-order valence-electron chi connectivity index (χ1n) is 7.07.